The number of carbonyl (C=O) groups is 1. The van der Waals surface area contributed by atoms with Gasteiger partial charge >= 0.3 is 5.97 Å². The summed E-state index contributed by atoms with van der Waals surface area (Å²) in [4.78, 5) is 11.8. The molecule has 2 rings (SSSR count). The smallest absolute Gasteiger partial charge is 0.314 e. The van der Waals surface area contributed by atoms with Crippen molar-refractivity contribution in [1.29, 1.82) is 0 Å². The number of hydrogen-bond acceptors (Lipinski definition) is 5. The molecule has 0 amide bonds. The summed E-state index contributed by atoms with van der Waals surface area (Å²) in [5, 5.41) is 0. The zero-order valence-corrected chi connectivity index (χ0v) is 11.0. The highest BCUT2D eigenvalue weighted by atomic mass is 16.8. The molecule has 0 aromatic rings. The van der Waals surface area contributed by atoms with Crippen molar-refractivity contribution < 1.29 is 23.7 Å². The highest BCUT2D eigenvalue weighted by molar-refractivity contribution is 5.74. The third-order valence-corrected chi connectivity index (χ3v) is 3.13. The molecule has 1 fully saturated rings. The van der Waals surface area contributed by atoms with Gasteiger partial charge in [0.1, 0.15) is 0 Å². The maximum Gasteiger partial charge on any atom is 0.314 e. The van der Waals surface area contributed by atoms with Gasteiger partial charge in [0.05, 0.1) is 18.1 Å². The largest absolute Gasteiger partial charge is 0.438 e. The molecule has 2 aliphatic rings. The molecule has 0 saturated carbocycles. The quantitative estimate of drug-likeness (QED) is 0.410. The van der Waals surface area contributed by atoms with E-state index in [4.69, 9.17) is 18.9 Å². The molecule has 3 atom stereocenters. The molecule has 3 unspecified atom stereocenters. The van der Waals surface area contributed by atoms with Gasteiger partial charge in [0, 0.05) is 6.61 Å². The Morgan fingerprint density at radius 3 is 2.72 bits per heavy atom. The van der Waals surface area contributed by atoms with E-state index >= 15 is 0 Å². The first-order chi connectivity index (χ1) is 8.52. The Morgan fingerprint density at radius 2 is 2.17 bits per heavy atom. The summed E-state index contributed by atoms with van der Waals surface area (Å²) in [6.07, 6.45) is 4.57. The van der Waals surface area contributed by atoms with E-state index in [1.807, 2.05) is 19.1 Å². The Hall–Kier alpha value is -0.910. The van der Waals surface area contributed by atoms with Crippen LogP contribution in [0, 0.1) is 5.92 Å². The predicted molar refractivity (Wildman–Crippen MR) is 63.7 cm³/mol. The number of hydrogen-bond donors (Lipinski definition) is 0. The molecule has 2 aliphatic heterocycles. The summed E-state index contributed by atoms with van der Waals surface area (Å²) in [6, 6.07) is 0. The van der Waals surface area contributed by atoms with E-state index in [1.165, 1.54) is 0 Å². The van der Waals surface area contributed by atoms with Crippen LogP contribution in [0.5, 0.6) is 0 Å². The predicted octanol–water partition coefficient (Wildman–Crippen LogP) is 1.62. The summed E-state index contributed by atoms with van der Waals surface area (Å²) < 4.78 is 21.3. The van der Waals surface area contributed by atoms with Crippen molar-refractivity contribution in [2.24, 2.45) is 5.92 Å². The Bertz CT molecular complexity index is 336. The standard InChI is InChI=1S/C13H20O5/c1-4-16-13(2,3)17-8-15-12(14)10-7-9-5-6-11(10)18-9/h5-6,9-11H,4,7-8H2,1-3H3. The van der Waals surface area contributed by atoms with Crippen molar-refractivity contribution in [3.63, 3.8) is 0 Å². The lowest BCUT2D eigenvalue weighted by Crippen LogP contribution is -2.32. The second-order valence-corrected chi connectivity index (χ2v) is 4.92. The van der Waals surface area contributed by atoms with Gasteiger partial charge in [-0.15, -0.1) is 0 Å². The number of fused-ring (bicyclic) bond motifs is 2. The van der Waals surface area contributed by atoms with Crippen LogP contribution in [0.3, 0.4) is 0 Å². The average Bonchev–Trinajstić information content (AvgIpc) is 2.90. The SMILES string of the molecule is CCOC(C)(C)OCOC(=O)C1CC2C=CC1O2. The van der Waals surface area contributed by atoms with Gasteiger partial charge in [-0.2, -0.15) is 0 Å². The molecule has 5 nitrogen and oxygen atoms in total. The summed E-state index contributed by atoms with van der Waals surface area (Å²) in [5.41, 5.74) is 0. The molecule has 0 aromatic carbocycles. The van der Waals surface area contributed by atoms with Crippen LogP contribution in [0.2, 0.25) is 0 Å². The Labute approximate surface area is 107 Å². The van der Waals surface area contributed by atoms with Crippen LogP contribution in [-0.2, 0) is 23.7 Å². The summed E-state index contributed by atoms with van der Waals surface area (Å²) >= 11 is 0. The van der Waals surface area contributed by atoms with E-state index in [-0.39, 0.29) is 30.9 Å². The fourth-order valence-corrected chi connectivity index (χ4v) is 2.23. The maximum absolute atomic E-state index is 11.8. The topological polar surface area (TPSA) is 54.0 Å². The van der Waals surface area contributed by atoms with Crippen molar-refractivity contribution in [3.05, 3.63) is 12.2 Å². The fourth-order valence-electron chi connectivity index (χ4n) is 2.23. The minimum atomic E-state index is -0.736. The highest BCUT2D eigenvalue weighted by Crippen LogP contribution is 2.34. The number of rotatable bonds is 6. The van der Waals surface area contributed by atoms with Gasteiger partial charge in [-0.25, -0.2) is 0 Å². The Balaban J connectivity index is 1.71. The van der Waals surface area contributed by atoms with E-state index in [1.54, 1.807) is 13.8 Å². The molecular formula is C13H20O5. The minimum Gasteiger partial charge on any atom is -0.438 e. The molecule has 1 saturated heterocycles. The van der Waals surface area contributed by atoms with Gasteiger partial charge in [-0.3, -0.25) is 4.79 Å². The Morgan fingerprint density at radius 1 is 1.39 bits per heavy atom. The third-order valence-electron chi connectivity index (χ3n) is 3.13. The zero-order chi connectivity index (χ0) is 13.2. The van der Waals surface area contributed by atoms with Gasteiger partial charge in [0.2, 0.25) is 0 Å². The molecule has 0 N–H and O–H groups in total. The number of carbonyl (C=O) groups excluding carboxylic acids is 1. The normalized spacial score (nSPS) is 29.8. The molecule has 0 aliphatic carbocycles. The second kappa shape index (κ2) is 5.38. The van der Waals surface area contributed by atoms with Crippen molar-refractivity contribution in [2.45, 2.75) is 45.2 Å². The lowest BCUT2D eigenvalue weighted by atomic mass is 9.95. The van der Waals surface area contributed by atoms with Crippen molar-refractivity contribution in [3.8, 4) is 0 Å². The van der Waals surface area contributed by atoms with E-state index in [0.717, 1.165) is 0 Å². The van der Waals surface area contributed by atoms with Crippen LogP contribution < -0.4 is 0 Å². The van der Waals surface area contributed by atoms with Gasteiger partial charge in [-0.1, -0.05) is 12.2 Å². The van der Waals surface area contributed by atoms with Crippen molar-refractivity contribution in [1.82, 2.24) is 0 Å². The monoisotopic (exact) mass is 256 g/mol. The minimum absolute atomic E-state index is 0.0772. The van der Waals surface area contributed by atoms with Gasteiger partial charge < -0.3 is 18.9 Å². The average molecular weight is 256 g/mol. The first-order valence-electron chi connectivity index (χ1n) is 6.30. The molecule has 0 spiro atoms. The van der Waals surface area contributed by atoms with Gasteiger partial charge in [-0.05, 0) is 27.2 Å². The van der Waals surface area contributed by atoms with E-state index in [9.17, 15) is 4.79 Å². The lowest BCUT2D eigenvalue weighted by Gasteiger charge is -2.25. The molecule has 102 valence electrons. The molecule has 2 bridgehead atoms. The van der Waals surface area contributed by atoms with E-state index < -0.39 is 5.79 Å². The molecule has 0 aromatic heterocycles. The summed E-state index contributed by atoms with van der Waals surface area (Å²) in [5.74, 6) is -1.20. The first-order valence-corrected chi connectivity index (χ1v) is 6.30. The molecular weight excluding hydrogens is 236 g/mol. The molecule has 18 heavy (non-hydrogen) atoms. The van der Waals surface area contributed by atoms with E-state index in [2.05, 4.69) is 0 Å². The molecule has 5 heteroatoms. The second-order valence-electron chi connectivity index (χ2n) is 4.92. The summed E-state index contributed by atoms with van der Waals surface area (Å²) in [6.45, 7) is 5.91. The van der Waals surface area contributed by atoms with Crippen LogP contribution in [0.1, 0.15) is 27.2 Å². The number of esters is 1. The number of ether oxygens (including phenoxy) is 4. The van der Waals surface area contributed by atoms with Gasteiger partial charge in [0.15, 0.2) is 12.6 Å². The Kier molecular flexibility index (Phi) is 4.04. The lowest BCUT2D eigenvalue weighted by molar-refractivity contribution is -0.248. The molecule has 2 heterocycles. The zero-order valence-electron chi connectivity index (χ0n) is 11.0. The van der Waals surface area contributed by atoms with Crippen LogP contribution in [-0.4, -0.2) is 37.4 Å². The summed E-state index contributed by atoms with van der Waals surface area (Å²) in [7, 11) is 0. The van der Waals surface area contributed by atoms with Gasteiger partial charge in [0.25, 0.3) is 0 Å². The van der Waals surface area contributed by atoms with Crippen molar-refractivity contribution in [2.75, 3.05) is 13.4 Å². The van der Waals surface area contributed by atoms with E-state index in [0.29, 0.717) is 13.0 Å². The van der Waals surface area contributed by atoms with Crippen LogP contribution in [0.4, 0.5) is 0 Å². The van der Waals surface area contributed by atoms with Crippen LogP contribution in [0.15, 0.2) is 12.2 Å². The van der Waals surface area contributed by atoms with Crippen LogP contribution >= 0.6 is 0 Å². The molecule has 0 radical (unpaired) electrons. The third kappa shape index (κ3) is 3.10. The van der Waals surface area contributed by atoms with Crippen molar-refractivity contribution >= 4 is 5.97 Å². The van der Waals surface area contributed by atoms with Crippen LogP contribution in [0.25, 0.3) is 0 Å². The maximum atomic E-state index is 11.8. The fraction of sp³-hybridized carbons (Fsp3) is 0.769. The highest BCUT2D eigenvalue weighted by Gasteiger charge is 2.42. The first kappa shape index (κ1) is 13.5.